The summed E-state index contributed by atoms with van der Waals surface area (Å²) in [4.78, 5) is 42.6. The summed E-state index contributed by atoms with van der Waals surface area (Å²) >= 11 is 0. The van der Waals surface area contributed by atoms with Crippen molar-refractivity contribution in [2.45, 2.75) is 45.4 Å². The number of fused-ring (bicyclic) bond motifs is 1. The van der Waals surface area contributed by atoms with Crippen LogP contribution >= 0.6 is 0 Å². The van der Waals surface area contributed by atoms with Crippen molar-refractivity contribution < 1.29 is 33.4 Å². The minimum atomic E-state index is -1.44. The quantitative estimate of drug-likeness (QED) is 0.282. The van der Waals surface area contributed by atoms with E-state index >= 15 is 0 Å². The number of carbonyl (C=O) groups excluding carboxylic acids is 2. The molecular weight excluding hydrogens is 526 g/mol. The van der Waals surface area contributed by atoms with Crippen LogP contribution in [0.5, 0.6) is 5.75 Å². The van der Waals surface area contributed by atoms with Gasteiger partial charge in [0.1, 0.15) is 23.8 Å². The highest BCUT2D eigenvalue weighted by atomic mass is 16.7. The zero-order valence-corrected chi connectivity index (χ0v) is 22.8. The molecule has 0 bridgehead atoms. The third-order valence-electron chi connectivity index (χ3n) is 7.16. The third kappa shape index (κ3) is 5.49. The first-order valence-electron chi connectivity index (χ1n) is 13.0. The lowest BCUT2D eigenvalue weighted by atomic mass is 9.83. The van der Waals surface area contributed by atoms with E-state index < -0.39 is 23.7 Å². The van der Waals surface area contributed by atoms with Gasteiger partial charge in [-0.25, -0.2) is 9.78 Å². The van der Waals surface area contributed by atoms with Gasteiger partial charge in [-0.2, -0.15) is 0 Å². The fourth-order valence-corrected chi connectivity index (χ4v) is 4.82. The molecule has 5 rings (SSSR count). The van der Waals surface area contributed by atoms with Crippen LogP contribution in [0, 0.1) is 6.92 Å². The number of ether oxygens (including phenoxy) is 2. The number of rotatable bonds is 8. The van der Waals surface area contributed by atoms with Gasteiger partial charge >= 0.3 is 6.16 Å². The number of hydrogen-bond donors (Lipinski definition) is 2. The molecule has 3 N–H and O–H groups in total. The zero-order chi connectivity index (χ0) is 29.3. The van der Waals surface area contributed by atoms with E-state index in [-0.39, 0.29) is 18.9 Å². The maximum atomic E-state index is 13.9. The van der Waals surface area contributed by atoms with Gasteiger partial charge in [0, 0.05) is 17.5 Å². The molecule has 4 aromatic rings. The van der Waals surface area contributed by atoms with Crippen LogP contribution in [0.25, 0.3) is 11.5 Å². The second-order valence-corrected chi connectivity index (χ2v) is 10.3. The molecule has 1 aliphatic rings. The van der Waals surface area contributed by atoms with E-state index in [0.717, 1.165) is 5.56 Å². The minimum Gasteiger partial charge on any atom is -0.487 e. The van der Waals surface area contributed by atoms with Crippen molar-refractivity contribution in [1.29, 1.82) is 0 Å². The van der Waals surface area contributed by atoms with Gasteiger partial charge in [0.25, 0.3) is 0 Å². The van der Waals surface area contributed by atoms with E-state index in [4.69, 9.17) is 19.6 Å². The number of hydrogen-bond acceptors (Lipinski definition) is 7. The molecular formula is C31H29N3O7. The summed E-state index contributed by atoms with van der Waals surface area (Å²) in [6.45, 7) is 5.48. The molecule has 3 aromatic carbocycles. The predicted molar refractivity (Wildman–Crippen MR) is 150 cm³/mol. The zero-order valence-electron chi connectivity index (χ0n) is 22.8. The fourth-order valence-electron chi connectivity index (χ4n) is 4.82. The Morgan fingerprint density at radius 3 is 2.51 bits per heavy atom. The van der Waals surface area contributed by atoms with Crippen molar-refractivity contribution in [3.63, 3.8) is 0 Å². The van der Waals surface area contributed by atoms with Crippen LogP contribution in [-0.2, 0) is 28.0 Å². The lowest BCUT2D eigenvalue weighted by Gasteiger charge is -2.33. The van der Waals surface area contributed by atoms with Crippen LogP contribution in [-0.4, -0.2) is 34.3 Å². The van der Waals surface area contributed by atoms with Gasteiger partial charge in [0.05, 0.1) is 11.1 Å². The van der Waals surface area contributed by atoms with Crippen LogP contribution in [0.15, 0.2) is 77.2 Å². The first-order chi connectivity index (χ1) is 19.5. The monoisotopic (exact) mass is 555 g/mol. The SMILES string of the molecule is Cc1oc(-c2ccc(C(N)=O)cc2)nc1COc1cccc(C(C)(C)C(=O)N2c3ccccc3C[C@H]2OC(=O)O)c1. The van der Waals surface area contributed by atoms with Crippen molar-refractivity contribution >= 4 is 23.7 Å². The maximum Gasteiger partial charge on any atom is 0.507 e. The first-order valence-corrected chi connectivity index (χ1v) is 13.0. The average molecular weight is 556 g/mol. The van der Waals surface area contributed by atoms with Crippen molar-refractivity contribution in [3.8, 4) is 17.2 Å². The number of oxazole rings is 1. The van der Waals surface area contributed by atoms with Gasteiger partial charge < -0.3 is 24.7 Å². The molecule has 0 saturated carbocycles. The summed E-state index contributed by atoms with van der Waals surface area (Å²) in [5.74, 6) is 0.688. The topological polar surface area (TPSA) is 145 Å². The number of nitrogens with zero attached hydrogens (tertiary/aromatic N) is 2. The van der Waals surface area contributed by atoms with Crippen molar-refractivity contribution in [2.75, 3.05) is 4.90 Å². The number of benzene rings is 3. The summed E-state index contributed by atoms with van der Waals surface area (Å²) in [7, 11) is 0. The Morgan fingerprint density at radius 2 is 1.80 bits per heavy atom. The average Bonchev–Trinajstić information content (AvgIpc) is 3.50. The molecule has 0 fully saturated rings. The van der Waals surface area contributed by atoms with Gasteiger partial charge in [-0.1, -0.05) is 30.3 Å². The molecule has 0 spiro atoms. The van der Waals surface area contributed by atoms with E-state index in [0.29, 0.717) is 45.5 Å². The van der Waals surface area contributed by atoms with E-state index in [1.54, 1.807) is 75.4 Å². The molecule has 0 unspecified atom stereocenters. The highest BCUT2D eigenvalue weighted by Gasteiger charge is 2.43. The Labute approximate surface area is 236 Å². The van der Waals surface area contributed by atoms with Crippen LogP contribution in [0.4, 0.5) is 10.5 Å². The lowest BCUT2D eigenvalue weighted by Crippen LogP contribution is -2.48. The smallest absolute Gasteiger partial charge is 0.487 e. The Kier molecular flexibility index (Phi) is 7.23. The summed E-state index contributed by atoms with van der Waals surface area (Å²) < 4.78 is 16.9. The summed E-state index contributed by atoms with van der Waals surface area (Å²) in [6, 6.07) is 21.1. The van der Waals surface area contributed by atoms with Crippen LogP contribution in [0.1, 0.15) is 46.8 Å². The van der Waals surface area contributed by atoms with Gasteiger partial charge in [0.2, 0.25) is 17.7 Å². The molecule has 2 heterocycles. The number of aryl methyl sites for hydroxylation is 1. The first kappa shape index (κ1) is 27.4. The van der Waals surface area contributed by atoms with Crippen LogP contribution < -0.4 is 15.4 Å². The van der Waals surface area contributed by atoms with Crippen molar-refractivity contribution in [3.05, 3.63) is 101 Å². The molecule has 1 aromatic heterocycles. The fraction of sp³-hybridized carbons (Fsp3) is 0.226. The minimum absolute atomic E-state index is 0.126. The number of nitrogens with two attached hydrogens (primary N) is 1. The normalized spacial score (nSPS) is 14.4. The number of carboxylic acid groups (broad SMARTS) is 1. The number of anilines is 1. The Bertz CT molecular complexity index is 1620. The molecule has 41 heavy (non-hydrogen) atoms. The molecule has 1 atom stereocenters. The molecule has 0 aliphatic carbocycles. The Morgan fingerprint density at radius 1 is 1.07 bits per heavy atom. The standard InChI is InChI=1S/C31H29N3O7/c1-18-24(33-28(40-18)20-13-11-19(12-14-20)27(32)35)17-39-23-9-6-8-22(16-23)31(2,3)29(36)34-25-10-5-4-7-21(25)15-26(34)41-30(37)38/h4-14,16,26H,15,17H2,1-3H3,(H2,32,35)(H,37,38)/t26-/m1/s1. The Hall–Kier alpha value is -5.12. The largest absolute Gasteiger partial charge is 0.507 e. The molecule has 210 valence electrons. The summed E-state index contributed by atoms with van der Waals surface area (Å²) in [5.41, 5.74) is 8.11. The number of carbonyl (C=O) groups is 3. The molecule has 0 saturated heterocycles. The molecule has 10 nitrogen and oxygen atoms in total. The Balaban J connectivity index is 1.33. The second kappa shape index (κ2) is 10.8. The van der Waals surface area contributed by atoms with E-state index in [1.165, 1.54) is 4.90 Å². The molecule has 1 aliphatic heterocycles. The number of aromatic nitrogens is 1. The molecule has 0 radical (unpaired) electrons. The number of amides is 2. The second-order valence-electron chi connectivity index (χ2n) is 10.3. The van der Waals surface area contributed by atoms with Crippen molar-refractivity contribution in [1.82, 2.24) is 4.98 Å². The summed E-state index contributed by atoms with van der Waals surface area (Å²) in [5, 5.41) is 9.27. The number of primary amides is 1. The van der Waals surface area contributed by atoms with Gasteiger partial charge in [0.15, 0.2) is 6.23 Å². The molecule has 2 amide bonds. The highest BCUT2D eigenvalue weighted by Crippen LogP contribution is 2.38. The van der Waals surface area contributed by atoms with E-state index in [9.17, 15) is 19.5 Å². The number of para-hydroxylation sites is 1. The van der Waals surface area contributed by atoms with Gasteiger partial charge in [-0.15, -0.1) is 0 Å². The maximum absolute atomic E-state index is 13.9. The highest BCUT2D eigenvalue weighted by molar-refractivity contribution is 6.02. The van der Waals surface area contributed by atoms with Gasteiger partial charge in [-0.3, -0.25) is 14.5 Å². The van der Waals surface area contributed by atoms with Crippen LogP contribution in [0.2, 0.25) is 0 Å². The van der Waals surface area contributed by atoms with E-state index in [2.05, 4.69) is 4.98 Å². The van der Waals surface area contributed by atoms with E-state index in [1.807, 2.05) is 18.2 Å². The predicted octanol–water partition coefficient (Wildman–Crippen LogP) is 5.22. The van der Waals surface area contributed by atoms with Crippen LogP contribution in [0.3, 0.4) is 0 Å². The molecule has 10 heteroatoms. The lowest BCUT2D eigenvalue weighted by molar-refractivity contribution is -0.125. The third-order valence-corrected chi connectivity index (χ3v) is 7.16. The summed E-state index contributed by atoms with van der Waals surface area (Å²) in [6.07, 6.45) is -2.11. The van der Waals surface area contributed by atoms with Crippen molar-refractivity contribution in [2.24, 2.45) is 5.73 Å². The van der Waals surface area contributed by atoms with Gasteiger partial charge in [-0.05, 0) is 74.4 Å².